The minimum atomic E-state index is -0.358. The largest absolute Gasteiger partial charge is 0.427 e. The first-order valence-corrected chi connectivity index (χ1v) is 7.20. The van der Waals surface area contributed by atoms with Crippen LogP contribution in [0.4, 0.5) is 5.69 Å². The van der Waals surface area contributed by atoms with Crippen LogP contribution in [0.1, 0.15) is 17.3 Å². The number of anilines is 1. The van der Waals surface area contributed by atoms with Crippen molar-refractivity contribution in [3.63, 3.8) is 0 Å². The van der Waals surface area contributed by atoms with Crippen molar-refractivity contribution in [1.29, 1.82) is 0 Å². The summed E-state index contributed by atoms with van der Waals surface area (Å²) in [5.74, 6) is -0.0307. The first-order chi connectivity index (χ1) is 11.1. The van der Waals surface area contributed by atoms with E-state index in [1.807, 2.05) is 48.5 Å². The molecule has 0 heterocycles. The highest BCUT2D eigenvalue weighted by molar-refractivity contribution is 6.06. The number of ether oxygens (including phenoxy) is 1. The Balaban J connectivity index is 1.85. The molecule has 4 heteroatoms. The molecule has 0 radical (unpaired) electrons. The Hall–Kier alpha value is -3.14. The van der Waals surface area contributed by atoms with Crippen LogP contribution in [0.3, 0.4) is 0 Å². The van der Waals surface area contributed by atoms with Gasteiger partial charge in [0.25, 0.3) is 5.91 Å². The number of esters is 1. The van der Waals surface area contributed by atoms with Gasteiger partial charge in [0.15, 0.2) is 0 Å². The van der Waals surface area contributed by atoms with E-state index >= 15 is 0 Å². The van der Waals surface area contributed by atoms with Gasteiger partial charge in [0.2, 0.25) is 0 Å². The fraction of sp³-hybridized carbons (Fsp3) is 0.0526. The van der Waals surface area contributed by atoms with Gasteiger partial charge >= 0.3 is 5.97 Å². The van der Waals surface area contributed by atoms with Crippen LogP contribution >= 0.6 is 0 Å². The molecule has 0 saturated carbocycles. The molecule has 1 amide bonds. The maximum absolute atomic E-state index is 12.3. The molecule has 0 aliphatic heterocycles. The second kappa shape index (κ2) is 6.32. The summed E-state index contributed by atoms with van der Waals surface area (Å²) in [6, 6.07) is 20.0. The van der Waals surface area contributed by atoms with E-state index in [0.717, 1.165) is 16.5 Å². The second-order valence-electron chi connectivity index (χ2n) is 5.14. The van der Waals surface area contributed by atoms with Crippen LogP contribution in [0.5, 0.6) is 5.75 Å². The van der Waals surface area contributed by atoms with Gasteiger partial charge in [-0.2, -0.15) is 0 Å². The van der Waals surface area contributed by atoms with Gasteiger partial charge in [0, 0.05) is 18.2 Å². The Bertz CT molecular complexity index is 872. The lowest BCUT2D eigenvalue weighted by Crippen LogP contribution is -2.11. The maximum atomic E-state index is 12.3. The van der Waals surface area contributed by atoms with E-state index in [2.05, 4.69) is 5.32 Å². The number of nitrogens with one attached hydrogen (secondary N) is 1. The number of para-hydroxylation sites is 1. The molecule has 0 aromatic heterocycles. The van der Waals surface area contributed by atoms with Gasteiger partial charge in [0.1, 0.15) is 5.75 Å². The predicted molar refractivity (Wildman–Crippen MR) is 89.7 cm³/mol. The van der Waals surface area contributed by atoms with Crippen LogP contribution < -0.4 is 10.1 Å². The normalized spacial score (nSPS) is 10.3. The Kier molecular flexibility index (Phi) is 4.06. The standard InChI is InChI=1S/C19H15NO3/c1-13(21)23-18-10-9-14-11-16(8-7-15(14)12-18)19(22)20-17-5-3-2-4-6-17/h2-12H,1H3,(H,20,22). The molecule has 0 spiro atoms. The third kappa shape index (κ3) is 3.55. The summed E-state index contributed by atoms with van der Waals surface area (Å²) >= 11 is 0. The highest BCUT2D eigenvalue weighted by Gasteiger charge is 2.08. The van der Waals surface area contributed by atoms with Crippen molar-refractivity contribution >= 4 is 28.3 Å². The van der Waals surface area contributed by atoms with Crippen LogP contribution in [-0.4, -0.2) is 11.9 Å². The number of hydrogen-bond acceptors (Lipinski definition) is 3. The fourth-order valence-corrected chi connectivity index (χ4v) is 2.32. The lowest BCUT2D eigenvalue weighted by molar-refractivity contribution is -0.131. The zero-order valence-electron chi connectivity index (χ0n) is 12.6. The van der Waals surface area contributed by atoms with Crippen molar-refractivity contribution in [2.45, 2.75) is 6.92 Å². The molecule has 0 bridgehead atoms. The van der Waals surface area contributed by atoms with Crippen LogP contribution in [-0.2, 0) is 4.79 Å². The van der Waals surface area contributed by atoms with Crippen LogP contribution in [0.2, 0.25) is 0 Å². The van der Waals surface area contributed by atoms with Gasteiger partial charge in [-0.25, -0.2) is 0 Å². The van der Waals surface area contributed by atoms with Gasteiger partial charge in [-0.3, -0.25) is 9.59 Å². The summed E-state index contributed by atoms with van der Waals surface area (Å²) in [6.45, 7) is 1.36. The van der Waals surface area contributed by atoms with Crippen molar-refractivity contribution in [3.8, 4) is 5.75 Å². The van der Waals surface area contributed by atoms with Gasteiger partial charge < -0.3 is 10.1 Å². The molecule has 4 nitrogen and oxygen atoms in total. The van der Waals surface area contributed by atoms with Crippen LogP contribution in [0.15, 0.2) is 66.7 Å². The molecule has 0 aliphatic rings. The Morgan fingerprint density at radius 3 is 2.30 bits per heavy atom. The van der Waals surface area contributed by atoms with E-state index < -0.39 is 0 Å². The molecule has 0 aliphatic carbocycles. The van der Waals surface area contributed by atoms with Gasteiger partial charge in [-0.05, 0) is 47.2 Å². The molecule has 1 N–H and O–H groups in total. The molecule has 0 atom stereocenters. The Morgan fingerprint density at radius 1 is 0.870 bits per heavy atom. The summed E-state index contributed by atoms with van der Waals surface area (Å²) < 4.78 is 5.06. The molecular weight excluding hydrogens is 290 g/mol. The second-order valence-corrected chi connectivity index (χ2v) is 5.14. The zero-order valence-corrected chi connectivity index (χ0v) is 12.6. The van der Waals surface area contributed by atoms with E-state index in [1.54, 1.807) is 18.2 Å². The molecule has 23 heavy (non-hydrogen) atoms. The van der Waals surface area contributed by atoms with Crippen LogP contribution in [0, 0.1) is 0 Å². The maximum Gasteiger partial charge on any atom is 0.308 e. The van der Waals surface area contributed by atoms with Crippen molar-refractivity contribution in [2.75, 3.05) is 5.32 Å². The molecule has 0 saturated heterocycles. The summed E-state index contributed by atoms with van der Waals surface area (Å²) in [5.41, 5.74) is 1.32. The van der Waals surface area contributed by atoms with Gasteiger partial charge in [-0.15, -0.1) is 0 Å². The summed E-state index contributed by atoms with van der Waals surface area (Å²) in [6.07, 6.45) is 0. The van der Waals surface area contributed by atoms with Gasteiger partial charge in [0.05, 0.1) is 0 Å². The Morgan fingerprint density at radius 2 is 1.57 bits per heavy atom. The smallest absolute Gasteiger partial charge is 0.308 e. The zero-order chi connectivity index (χ0) is 16.2. The molecule has 3 rings (SSSR count). The van der Waals surface area contributed by atoms with Crippen molar-refractivity contribution < 1.29 is 14.3 Å². The predicted octanol–water partition coefficient (Wildman–Crippen LogP) is 4.02. The third-order valence-corrected chi connectivity index (χ3v) is 3.37. The minimum Gasteiger partial charge on any atom is -0.427 e. The average molecular weight is 305 g/mol. The number of amides is 1. The lowest BCUT2D eigenvalue weighted by Gasteiger charge is -2.07. The monoisotopic (exact) mass is 305 g/mol. The highest BCUT2D eigenvalue weighted by Crippen LogP contribution is 2.22. The summed E-state index contributed by atoms with van der Waals surface area (Å²) in [5, 5.41) is 4.66. The topological polar surface area (TPSA) is 55.4 Å². The van der Waals surface area contributed by atoms with E-state index in [4.69, 9.17) is 4.74 Å². The molecule has 114 valence electrons. The van der Waals surface area contributed by atoms with E-state index in [0.29, 0.717) is 11.3 Å². The molecule has 3 aromatic carbocycles. The Labute approximate surface area is 133 Å². The van der Waals surface area contributed by atoms with Crippen molar-refractivity contribution in [1.82, 2.24) is 0 Å². The highest BCUT2D eigenvalue weighted by atomic mass is 16.5. The van der Waals surface area contributed by atoms with Crippen LogP contribution in [0.25, 0.3) is 10.8 Å². The number of rotatable bonds is 3. The molecule has 0 fully saturated rings. The van der Waals surface area contributed by atoms with E-state index in [9.17, 15) is 9.59 Å². The first-order valence-electron chi connectivity index (χ1n) is 7.20. The number of hydrogen-bond donors (Lipinski definition) is 1. The molecule has 3 aromatic rings. The SMILES string of the molecule is CC(=O)Oc1ccc2cc(C(=O)Nc3ccccc3)ccc2c1. The van der Waals surface area contributed by atoms with E-state index in [1.165, 1.54) is 6.92 Å². The number of carbonyl (C=O) groups is 2. The minimum absolute atomic E-state index is 0.165. The number of benzene rings is 3. The molecular formula is C19H15NO3. The third-order valence-electron chi connectivity index (χ3n) is 3.37. The quantitative estimate of drug-likeness (QED) is 0.587. The van der Waals surface area contributed by atoms with Crippen molar-refractivity contribution in [3.05, 3.63) is 72.3 Å². The lowest BCUT2D eigenvalue weighted by atomic mass is 10.1. The number of carbonyl (C=O) groups excluding carboxylic acids is 2. The fourth-order valence-electron chi connectivity index (χ4n) is 2.32. The molecule has 0 unspecified atom stereocenters. The summed E-state index contributed by atoms with van der Waals surface area (Å²) in [4.78, 5) is 23.3. The van der Waals surface area contributed by atoms with Gasteiger partial charge in [-0.1, -0.05) is 30.3 Å². The number of fused-ring (bicyclic) bond motifs is 1. The summed E-state index contributed by atoms with van der Waals surface area (Å²) in [7, 11) is 0. The average Bonchev–Trinajstić information content (AvgIpc) is 2.54. The first kappa shape index (κ1) is 14.8. The van der Waals surface area contributed by atoms with E-state index in [-0.39, 0.29) is 11.9 Å². The van der Waals surface area contributed by atoms with Crippen molar-refractivity contribution in [2.24, 2.45) is 0 Å².